The summed E-state index contributed by atoms with van der Waals surface area (Å²) in [6.07, 6.45) is -0.856. The normalized spacial score (nSPS) is 12.8. The molecular weight excluding hydrogens is 349 g/mol. The number of hydrogen-bond donors (Lipinski definition) is 1. The summed E-state index contributed by atoms with van der Waals surface area (Å²) in [5.41, 5.74) is -0.550. The fourth-order valence-electron chi connectivity index (χ4n) is 2.33. The number of alkyl halides is 3. The molecule has 0 aliphatic rings. The fraction of sp³-hybridized carbons (Fsp3) is 0.235. The van der Waals surface area contributed by atoms with Crippen LogP contribution in [-0.4, -0.2) is 15.0 Å². The highest BCUT2D eigenvalue weighted by Gasteiger charge is 2.34. The Kier molecular flexibility index (Phi) is 4.98. The van der Waals surface area contributed by atoms with E-state index in [1.807, 2.05) is 24.4 Å². The van der Waals surface area contributed by atoms with E-state index in [-0.39, 0.29) is 17.7 Å². The summed E-state index contributed by atoms with van der Waals surface area (Å²) < 4.78 is 39.7. The molecule has 0 spiro atoms. The van der Waals surface area contributed by atoms with Crippen LogP contribution in [-0.2, 0) is 6.18 Å². The van der Waals surface area contributed by atoms with Crippen LogP contribution < -0.4 is 5.32 Å². The molecule has 0 amide bonds. The van der Waals surface area contributed by atoms with Gasteiger partial charge in [-0.1, -0.05) is 13.0 Å². The van der Waals surface area contributed by atoms with Crippen LogP contribution in [0.2, 0.25) is 0 Å². The molecule has 8 heteroatoms. The van der Waals surface area contributed by atoms with Crippen LogP contribution in [0, 0.1) is 0 Å². The lowest BCUT2D eigenvalue weighted by Gasteiger charge is -2.18. The minimum absolute atomic E-state index is 0.00791. The molecule has 0 aliphatic carbocycles. The molecule has 3 rings (SSSR count). The molecule has 0 saturated heterocycles. The van der Waals surface area contributed by atoms with Gasteiger partial charge in [0.15, 0.2) is 11.5 Å². The topological polar surface area (TPSA) is 50.7 Å². The van der Waals surface area contributed by atoms with E-state index in [1.54, 1.807) is 29.7 Å². The molecule has 0 radical (unpaired) electrons. The Morgan fingerprint density at radius 2 is 2.04 bits per heavy atom. The number of aromatic nitrogens is 3. The van der Waals surface area contributed by atoms with E-state index in [0.717, 1.165) is 10.9 Å². The van der Waals surface area contributed by atoms with Crippen LogP contribution in [0.3, 0.4) is 0 Å². The van der Waals surface area contributed by atoms with Crippen molar-refractivity contribution in [2.24, 2.45) is 0 Å². The molecule has 0 bridgehead atoms. The first-order chi connectivity index (χ1) is 12.0. The van der Waals surface area contributed by atoms with E-state index in [0.29, 0.717) is 12.0 Å². The van der Waals surface area contributed by atoms with Crippen molar-refractivity contribution in [1.82, 2.24) is 15.0 Å². The predicted octanol–water partition coefficient (Wildman–Crippen LogP) is 5.18. The molecule has 4 nitrogen and oxygen atoms in total. The second kappa shape index (κ2) is 7.18. The summed E-state index contributed by atoms with van der Waals surface area (Å²) in [5.74, 6) is 0.132. The minimum Gasteiger partial charge on any atom is -0.362 e. The molecule has 3 aromatic rings. The Hall–Kier alpha value is -2.48. The van der Waals surface area contributed by atoms with Gasteiger partial charge in [0.05, 0.1) is 6.04 Å². The monoisotopic (exact) mass is 364 g/mol. The highest BCUT2D eigenvalue weighted by atomic mass is 32.1. The van der Waals surface area contributed by atoms with Gasteiger partial charge in [0.1, 0.15) is 5.82 Å². The zero-order valence-electron chi connectivity index (χ0n) is 13.3. The SMILES string of the molecule is CCC(Nc1cc(C(F)(F)F)nc(-c2cccnc2)n1)c1cccs1. The molecule has 1 unspecified atom stereocenters. The lowest BCUT2D eigenvalue weighted by atomic mass is 10.2. The Balaban J connectivity index is 2.00. The maximum absolute atomic E-state index is 13.2. The third-order valence-electron chi connectivity index (χ3n) is 3.55. The van der Waals surface area contributed by atoms with Gasteiger partial charge in [-0.2, -0.15) is 13.2 Å². The van der Waals surface area contributed by atoms with Crippen molar-refractivity contribution in [3.8, 4) is 11.4 Å². The van der Waals surface area contributed by atoms with E-state index < -0.39 is 11.9 Å². The minimum atomic E-state index is -4.55. The van der Waals surface area contributed by atoms with Crippen molar-refractivity contribution >= 4 is 17.2 Å². The van der Waals surface area contributed by atoms with E-state index in [2.05, 4.69) is 20.3 Å². The molecule has 3 aromatic heterocycles. The maximum atomic E-state index is 13.2. The highest BCUT2D eigenvalue weighted by Crippen LogP contribution is 2.32. The van der Waals surface area contributed by atoms with Crippen LogP contribution >= 0.6 is 11.3 Å². The van der Waals surface area contributed by atoms with Crippen LogP contribution in [0.25, 0.3) is 11.4 Å². The van der Waals surface area contributed by atoms with Gasteiger partial charge in [-0.05, 0) is 30.0 Å². The summed E-state index contributed by atoms with van der Waals surface area (Å²) in [6, 6.07) is 7.94. The van der Waals surface area contributed by atoms with E-state index >= 15 is 0 Å². The van der Waals surface area contributed by atoms with Crippen molar-refractivity contribution < 1.29 is 13.2 Å². The Morgan fingerprint density at radius 1 is 1.20 bits per heavy atom. The first kappa shape index (κ1) is 17.3. The maximum Gasteiger partial charge on any atom is 0.433 e. The van der Waals surface area contributed by atoms with Crippen LogP contribution in [0.1, 0.15) is 30.0 Å². The molecule has 0 saturated carbocycles. The van der Waals surface area contributed by atoms with Gasteiger partial charge in [-0.3, -0.25) is 4.98 Å². The summed E-state index contributed by atoms with van der Waals surface area (Å²) >= 11 is 1.55. The van der Waals surface area contributed by atoms with Gasteiger partial charge in [-0.15, -0.1) is 11.3 Å². The number of nitrogens with zero attached hydrogens (tertiary/aromatic N) is 3. The number of nitrogens with one attached hydrogen (secondary N) is 1. The second-order valence-corrected chi connectivity index (χ2v) is 6.30. The van der Waals surface area contributed by atoms with Gasteiger partial charge in [0.25, 0.3) is 0 Å². The Bertz CT molecular complexity index is 820. The van der Waals surface area contributed by atoms with Gasteiger partial charge in [0, 0.05) is 28.9 Å². The Labute approximate surface area is 146 Å². The molecule has 1 atom stereocenters. The standard InChI is InChI=1S/C17H15F3N4S/c1-2-12(13-6-4-8-25-13)22-15-9-14(17(18,19)20)23-16(24-15)11-5-3-7-21-10-11/h3-10,12H,2H2,1H3,(H,22,23,24). The quantitative estimate of drug-likeness (QED) is 0.677. The second-order valence-electron chi connectivity index (χ2n) is 5.32. The fourth-order valence-corrected chi connectivity index (χ4v) is 3.19. The summed E-state index contributed by atoms with van der Waals surface area (Å²) in [6.45, 7) is 1.96. The number of rotatable bonds is 5. The number of halogens is 3. The largest absolute Gasteiger partial charge is 0.433 e. The smallest absolute Gasteiger partial charge is 0.362 e. The van der Waals surface area contributed by atoms with Gasteiger partial charge < -0.3 is 5.32 Å². The predicted molar refractivity (Wildman–Crippen MR) is 91.2 cm³/mol. The molecule has 0 fully saturated rings. The van der Waals surface area contributed by atoms with Crippen LogP contribution in [0.5, 0.6) is 0 Å². The molecule has 25 heavy (non-hydrogen) atoms. The third kappa shape index (κ3) is 4.14. The third-order valence-corrected chi connectivity index (χ3v) is 4.54. The lowest BCUT2D eigenvalue weighted by molar-refractivity contribution is -0.141. The van der Waals surface area contributed by atoms with Gasteiger partial charge >= 0.3 is 6.18 Å². The average Bonchev–Trinajstić information content (AvgIpc) is 3.14. The average molecular weight is 364 g/mol. The van der Waals surface area contributed by atoms with Crippen molar-refractivity contribution in [1.29, 1.82) is 0 Å². The number of anilines is 1. The summed E-state index contributed by atoms with van der Waals surface area (Å²) in [7, 11) is 0. The van der Waals surface area contributed by atoms with Crippen LogP contribution in [0.4, 0.5) is 19.0 Å². The Morgan fingerprint density at radius 3 is 2.64 bits per heavy atom. The number of pyridine rings is 1. The van der Waals surface area contributed by atoms with Gasteiger partial charge in [-0.25, -0.2) is 9.97 Å². The van der Waals surface area contributed by atoms with Crippen molar-refractivity contribution in [3.05, 3.63) is 58.7 Å². The molecule has 3 heterocycles. The highest BCUT2D eigenvalue weighted by molar-refractivity contribution is 7.10. The van der Waals surface area contributed by atoms with Crippen molar-refractivity contribution in [2.45, 2.75) is 25.6 Å². The molecular formula is C17H15F3N4S. The number of hydrogen-bond acceptors (Lipinski definition) is 5. The molecule has 130 valence electrons. The van der Waals surface area contributed by atoms with Crippen molar-refractivity contribution in [3.63, 3.8) is 0 Å². The van der Waals surface area contributed by atoms with E-state index in [4.69, 9.17) is 0 Å². The van der Waals surface area contributed by atoms with Crippen LogP contribution in [0.15, 0.2) is 48.1 Å². The zero-order chi connectivity index (χ0) is 17.9. The lowest BCUT2D eigenvalue weighted by Crippen LogP contribution is -2.14. The summed E-state index contributed by atoms with van der Waals surface area (Å²) in [4.78, 5) is 12.9. The van der Waals surface area contributed by atoms with Crippen molar-refractivity contribution in [2.75, 3.05) is 5.32 Å². The molecule has 0 aliphatic heterocycles. The first-order valence-electron chi connectivity index (χ1n) is 7.64. The summed E-state index contributed by atoms with van der Waals surface area (Å²) in [5, 5.41) is 5.03. The van der Waals surface area contributed by atoms with Gasteiger partial charge in [0.2, 0.25) is 0 Å². The molecule has 0 aromatic carbocycles. The zero-order valence-corrected chi connectivity index (χ0v) is 14.1. The first-order valence-corrected chi connectivity index (χ1v) is 8.52. The molecule has 1 N–H and O–H groups in total. The van der Waals surface area contributed by atoms with E-state index in [9.17, 15) is 13.2 Å². The number of thiophene rings is 1. The van der Waals surface area contributed by atoms with E-state index in [1.165, 1.54) is 6.20 Å².